The van der Waals surface area contributed by atoms with Crippen LogP contribution in [0.1, 0.15) is 24.4 Å². The maximum absolute atomic E-state index is 13.6. The number of carbonyl (C=O) groups excluding carboxylic acids is 2. The highest BCUT2D eigenvalue weighted by atomic mass is 32.2. The number of carbonyl (C=O) groups is 2. The number of rotatable bonds is 7. The molecule has 2 amide bonds. The second-order valence-electron chi connectivity index (χ2n) is 9.02. The minimum absolute atomic E-state index is 0.0189. The number of aromatic nitrogens is 1. The number of amides is 2. The molecule has 214 valence electrons. The summed E-state index contributed by atoms with van der Waals surface area (Å²) < 4.78 is 96.0. The largest absolute Gasteiger partial charge is 0.484 e. The number of nitrogens with zero attached hydrogens (tertiary/aromatic N) is 2. The fourth-order valence-corrected chi connectivity index (χ4v) is 5.02. The van der Waals surface area contributed by atoms with E-state index in [2.05, 4.69) is 20.5 Å². The number of benzene rings is 2. The van der Waals surface area contributed by atoms with E-state index in [1.165, 1.54) is 30.5 Å². The molecule has 16 heteroatoms. The van der Waals surface area contributed by atoms with E-state index in [0.29, 0.717) is 13.8 Å². The van der Waals surface area contributed by atoms with Gasteiger partial charge in [0.05, 0.1) is 29.9 Å². The maximum atomic E-state index is 13.6. The normalized spacial score (nSPS) is 15.6. The van der Waals surface area contributed by atoms with Gasteiger partial charge in [-0.1, -0.05) is 5.16 Å². The standard InChI is InChI=1S/C24H22F4N4O7S/c1-23(2,24(26,27)28)38-22(34)31-15-5-8-19-18(11-15)32(40(35,36)17-6-3-14(25)4-7-17)13-16(37-19)12-29-21(33)20-9-10-30-39-20/h3-11,16H,12-13H2,1-2H3,(H,29,33)(H,31,34). The van der Waals surface area contributed by atoms with Gasteiger partial charge >= 0.3 is 12.3 Å². The lowest BCUT2D eigenvalue weighted by Gasteiger charge is -2.35. The average Bonchev–Trinajstić information content (AvgIpc) is 3.41. The molecule has 3 aromatic rings. The minimum atomic E-state index is -4.84. The first-order valence-corrected chi connectivity index (χ1v) is 13.0. The molecule has 0 aliphatic carbocycles. The predicted octanol–water partition coefficient (Wildman–Crippen LogP) is 4.09. The van der Waals surface area contributed by atoms with Crippen molar-refractivity contribution in [2.24, 2.45) is 0 Å². The van der Waals surface area contributed by atoms with Crippen molar-refractivity contribution in [3.63, 3.8) is 0 Å². The average molecular weight is 587 g/mol. The van der Waals surface area contributed by atoms with Crippen molar-refractivity contribution < 1.29 is 49.6 Å². The van der Waals surface area contributed by atoms with Crippen molar-refractivity contribution in [3.8, 4) is 5.75 Å². The topological polar surface area (TPSA) is 140 Å². The number of hydrogen-bond donors (Lipinski definition) is 2. The van der Waals surface area contributed by atoms with E-state index < -0.39 is 45.7 Å². The van der Waals surface area contributed by atoms with Crippen LogP contribution in [0.25, 0.3) is 0 Å². The van der Waals surface area contributed by atoms with E-state index in [-0.39, 0.29) is 40.9 Å². The molecule has 2 aromatic carbocycles. The SMILES string of the molecule is CC(C)(OC(=O)Nc1ccc2c(c1)N(S(=O)(=O)c1ccc(F)cc1)CC(CNC(=O)c1ccno1)O2)C(F)(F)F. The summed E-state index contributed by atoms with van der Waals surface area (Å²) in [6, 6.07) is 9.07. The third kappa shape index (κ3) is 6.11. The van der Waals surface area contributed by atoms with Gasteiger partial charge in [0.1, 0.15) is 17.7 Å². The van der Waals surface area contributed by atoms with Crippen molar-refractivity contribution in [2.75, 3.05) is 22.7 Å². The van der Waals surface area contributed by atoms with Gasteiger partial charge < -0.3 is 19.3 Å². The molecule has 2 N–H and O–H groups in total. The molecular formula is C24H22F4N4O7S. The summed E-state index contributed by atoms with van der Waals surface area (Å²) >= 11 is 0. The predicted molar refractivity (Wildman–Crippen MR) is 131 cm³/mol. The lowest BCUT2D eigenvalue weighted by Crippen LogP contribution is -2.48. The molecule has 0 saturated carbocycles. The quantitative estimate of drug-likeness (QED) is 0.395. The Bertz CT molecular complexity index is 1490. The molecule has 1 atom stereocenters. The Kier molecular flexibility index (Phi) is 7.65. The highest BCUT2D eigenvalue weighted by molar-refractivity contribution is 7.92. The van der Waals surface area contributed by atoms with Crippen LogP contribution in [0.3, 0.4) is 0 Å². The van der Waals surface area contributed by atoms with Crippen molar-refractivity contribution in [1.29, 1.82) is 0 Å². The van der Waals surface area contributed by atoms with E-state index in [1.807, 2.05) is 0 Å². The van der Waals surface area contributed by atoms with Gasteiger partial charge in [0.15, 0.2) is 0 Å². The van der Waals surface area contributed by atoms with Crippen molar-refractivity contribution in [2.45, 2.75) is 36.6 Å². The molecule has 11 nitrogen and oxygen atoms in total. The Hall–Kier alpha value is -4.34. The number of hydrogen-bond acceptors (Lipinski definition) is 8. The van der Waals surface area contributed by atoms with Crippen LogP contribution in [-0.4, -0.2) is 56.5 Å². The summed E-state index contributed by atoms with van der Waals surface area (Å²) in [6.45, 7) is 0.850. The number of ether oxygens (including phenoxy) is 2. The molecule has 1 aromatic heterocycles. The van der Waals surface area contributed by atoms with Gasteiger partial charge in [0.2, 0.25) is 11.4 Å². The number of alkyl halides is 3. The van der Waals surface area contributed by atoms with Crippen LogP contribution in [-0.2, 0) is 14.8 Å². The molecule has 1 unspecified atom stereocenters. The van der Waals surface area contributed by atoms with E-state index in [0.717, 1.165) is 28.6 Å². The smallest absolute Gasteiger partial charge is 0.427 e. The first kappa shape index (κ1) is 28.7. The molecule has 2 heterocycles. The third-order valence-corrected chi connectivity index (χ3v) is 7.52. The van der Waals surface area contributed by atoms with Gasteiger partial charge in [-0.15, -0.1) is 0 Å². The summed E-state index contributed by atoms with van der Waals surface area (Å²) in [7, 11) is -4.35. The van der Waals surface area contributed by atoms with Gasteiger partial charge in [0.25, 0.3) is 15.9 Å². The van der Waals surface area contributed by atoms with Gasteiger partial charge in [-0.3, -0.25) is 14.4 Å². The van der Waals surface area contributed by atoms with Crippen LogP contribution in [0.2, 0.25) is 0 Å². The molecule has 0 fully saturated rings. The number of fused-ring (bicyclic) bond motifs is 1. The number of halogens is 4. The van der Waals surface area contributed by atoms with Crippen LogP contribution >= 0.6 is 0 Å². The second-order valence-corrected chi connectivity index (χ2v) is 10.9. The van der Waals surface area contributed by atoms with Gasteiger partial charge in [-0.2, -0.15) is 13.2 Å². The molecule has 0 radical (unpaired) electrons. The van der Waals surface area contributed by atoms with E-state index in [4.69, 9.17) is 9.26 Å². The van der Waals surface area contributed by atoms with Crippen molar-refractivity contribution >= 4 is 33.4 Å². The lowest BCUT2D eigenvalue weighted by atomic mass is 10.1. The zero-order valence-corrected chi connectivity index (χ0v) is 21.7. The van der Waals surface area contributed by atoms with Crippen LogP contribution < -0.4 is 19.7 Å². The van der Waals surface area contributed by atoms with Crippen LogP contribution in [0.5, 0.6) is 5.75 Å². The Morgan fingerprint density at radius 3 is 2.45 bits per heavy atom. The second kappa shape index (κ2) is 10.7. The molecule has 0 saturated heterocycles. The summed E-state index contributed by atoms with van der Waals surface area (Å²) in [5.41, 5.74) is -2.97. The molecule has 1 aliphatic heterocycles. The monoisotopic (exact) mass is 586 g/mol. The Morgan fingerprint density at radius 2 is 1.82 bits per heavy atom. The summed E-state index contributed by atoms with van der Waals surface area (Å²) in [6.07, 6.45) is -5.91. The van der Waals surface area contributed by atoms with Gasteiger partial charge in [-0.25, -0.2) is 17.6 Å². The zero-order valence-electron chi connectivity index (χ0n) is 20.9. The van der Waals surface area contributed by atoms with E-state index in [1.54, 1.807) is 0 Å². The fraction of sp³-hybridized carbons (Fsp3) is 0.292. The van der Waals surface area contributed by atoms with Crippen LogP contribution in [0, 0.1) is 5.82 Å². The van der Waals surface area contributed by atoms with E-state index >= 15 is 0 Å². The molecule has 40 heavy (non-hydrogen) atoms. The highest BCUT2D eigenvalue weighted by Gasteiger charge is 2.51. The molecule has 0 spiro atoms. The number of anilines is 2. The first-order chi connectivity index (χ1) is 18.7. The summed E-state index contributed by atoms with van der Waals surface area (Å²) in [4.78, 5) is 24.2. The van der Waals surface area contributed by atoms with Gasteiger partial charge in [-0.05, 0) is 56.3 Å². The minimum Gasteiger partial charge on any atom is -0.484 e. The number of nitrogens with one attached hydrogen (secondary N) is 2. The first-order valence-electron chi connectivity index (χ1n) is 11.5. The fourth-order valence-electron chi connectivity index (χ4n) is 3.52. The maximum Gasteiger partial charge on any atom is 0.427 e. The van der Waals surface area contributed by atoms with E-state index in [9.17, 15) is 35.6 Å². The van der Waals surface area contributed by atoms with Crippen molar-refractivity contribution in [3.05, 3.63) is 66.3 Å². The van der Waals surface area contributed by atoms with Crippen molar-refractivity contribution in [1.82, 2.24) is 10.5 Å². The number of sulfonamides is 1. The lowest BCUT2D eigenvalue weighted by molar-refractivity contribution is -0.242. The van der Waals surface area contributed by atoms with Crippen LogP contribution in [0.4, 0.5) is 33.7 Å². The Labute approximate surface area is 225 Å². The zero-order chi connectivity index (χ0) is 29.3. The summed E-state index contributed by atoms with van der Waals surface area (Å²) in [5, 5.41) is 8.12. The summed E-state index contributed by atoms with van der Waals surface area (Å²) in [5.74, 6) is -1.35. The Balaban J connectivity index is 1.62. The highest BCUT2D eigenvalue weighted by Crippen LogP contribution is 2.39. The van der Waals surface area contributed by atoms with Crippen LogP contribution in [0.15, 0.2) is 64.1 Å². The Morgan fingerprint density at radius 1 is 1.12 bits per heavy atom. The third-order valence-electron chi connectivity index (χ3n) is 5.72. The molecule has 0 bridgehead atoms. The molecule has 1 aliphatic rings. The van der Waals surface area contributed by atoms with Gasteiger partial charge in [0, 0.05) is 11.8 Å². The molecule has 4 rings (SSSR count). The molecular weight excluding hydrogens is 564 g/mol.